The Morgan fingerprint density at radius 2 is 1.76 bits per heavy atom. The lowest BCUT2D eigenvalue weighted by atomic mass is 10.1. The fourth-order valence-corrected chi connectivity index (χ4v) is 3.97. The van der Waals surface area contributed by atoms with Crippen molar-refractivity contribution in [3.63, 3.8) is 0 Å². The second-order valence-corrected chi connectivity index (χ2v) is 7.27. The minimum absolute atomic E-state index is 0.0213. The fraction of sp³-hybridized carbons (Fsp3) is 0.364. The number of hydrogen-bond acceptors (Lipinski definition) is 7. The van der Waals surface area contributed by atoms with E-state index < -0.39 is 0 Å². The predicted octanol–water partition coefficient (Wildman–Crippen LogP) is 2.69. The molecule has 0 bridgehead atoms. The van der Waals surface area contributed by atoms with Crippen LogP contribution in [-0.4, -0.2) is 61.7 Å². The largest absolute Gasteiger partial charge is 0.493 e. The summed E-state index contributed by atoms with van der Waals surface area (Å²) in [6.45, 7) is 2.39. The van der Waals surface area contributed by atoms with Crippen LogP contribution in [0.25, 0.3) is 10.8 Å². The molecule has 0 saturated carbocycles. The Morgan fingerprint density at radius 3 is 2.55 bits per heavy atom. The molecule has 1 aromatic carbocycles. The summed E-state index contributed by atoms with van der Waals surface area (Å²) < 4.78 is 24.0. The average molecular weight is 393 g/mol. The van der Waals surface area contributed by atoms with Crippen molar-refractivity contribution in [3.05, 3.63) is 55.0 Å². The van der Waals surface area contributed by atoms with Gasteiger partial charge in [0.05, 0.1) is 20.3 Å². The van der Waals surface area contributed by atoms with Crippen molar-refractivity contribution >= 4 is 16.6 Å². The van der Waals surface area contributed by atoms with Crippen LogP contribution in [0.1, 0.15) is 0 Å². The summed E-state index contributed by atoms with van der Waals surface area (Å²) in [6, 6.07) is 11.7. The van der Waals surface area contributed by atoms with Crippen molar-refractivity contribution in [2.75, 3.05) is 38.3 Å². The van der Waals surface area contributed by atoms with E-state index in [4.69, 9.17) is 18.9 Å². The zero-order valence-electron chi connectivity index (χ0n) is 16.2. The van der Waals surface area contributed by atoms with Gasteiger partial charge in [0.15, 0.2) is 11.6 Å². The Morgan fingerprint density at radius 1 is 0.966 bits per heavy atom. The predicted molar refractivity (Wildman–Crippen MR) is 109 cm³/mol. The number of pyridine rings is 2. The molecule has 7 heteroatoms. The summed E-state index contributed by atoms with van der Waals surface area (Å²) in [5.41, 5.74) is 0. The van der Waals surface area contributed by atoms with E-state index in [1.165, 1.54) is 0 Å². The van der Waals surface area contributed by atoms with Crippen molar-refractivity contribution in [1.82, 2.24) is 9.97 Å². The van der Waals surface area contributed by atoms with Gasteiger partial charge in [-0.2, -0.15) is 0 Å². The summed E-state index contributed by atoms with van der Waals surface area (Å²) >= 11 is 0. The number of methoxy groups -OCH3 is 1. The molecule has 0 N–H and O–H groups in total. The van der Waals surface area contributed by atoms with Gasteiger partial charge in [-0.25, -0.2) is 4.98 Å². The molecular formula is C22H23N3O4. The Kier molecular flexibility index (Phi) is 4.91. The summed E-state index contributed by atoms with van der Waals surface area (Å²) in [4.78, 5) is 10.8. The Balaban J connectivity index is 1.26. The number of anilines is 1. The third-order valence-corrected chi connectivity index (χ3v) is 5.41. The first-order chi connectivity index (χ1) is 14.3. The smallest absolute Gasteiger partial charge is 0.171 e. The minimum Gasteiger partial charge on any atom is -0.493 e. The molecule has 2 aromatic heterocycles. The zero-order chi connectivity index (χ0) is 19.6. The van der Waals surface area contributed by atoms with Crippen molar-refractivity contribution < 1.29 is 18.9 Å². The summed E-state index contributed by atoms with van der Waals surface area (Å²) in [5.74, 6) is 2.41. The van der Waals surface area contributed by atoms with Gasteiger partial charge in [-0.05, 0) is 24.3 Å². The van der Waals surface area contributed by atoms with Gasteiger partial charge in [-0.3, -0.25) is 4.98 Å². The van der Waals surface area contributed by atoms with E-state index in [2.05, 4.69) is 14.9 Å². The van der Waals surface area contributed by atoms with Gasteiger partial charge in [0.1, 0.15) is 24.1 Å². The third kappa shape index (κ3) is 3.59. The maximum absolute atomic E-state index is 6.24. The molecule has 2 fully saturated rings. The Bertz CT molecular complexity index is 977. The standard InChI is InChI=1S/C22H23N3O4/c1-26-19-6-3-8-24-22(19)25-11-20-21(12-25)28-14-16(13-27-20)29-18-5-2-4-15-10-23-9-7-17(15)18/h2-10,16,20-21H,11-14H2,1H3/t20-,21-/m0/s1. The van der Waals surface area contributed by atoms with Gasteiger partial charge >= 0.3 is 0 Å². The molecule has 2 aliphatic heterocycles. The second-order valence-electron chi connectivity index (χ2n) is 7.27. The molecule has 0 radical (unpaired) electrons. The van der Waals surface area contributed by atoms with Crippen molar-refractivity contribution in [1.29, 1.82) is 0 Å². The highest BCUT2D eigenvalue weighted by Gasteiger charge is 2.39. The molecule has 2 atom stereocenters. The first-order valence-corrected chi connectivity index (χ1v) is 9.78. The Labute approximate surface area is 169 Å². The monoisotopic (exact) mass is 393 g/mol. The van der Waals surface area contributed by atoms with Crippen LogP contribution < -0.4 is 14.4 Å². The highest BCUT2D eigenvalue weighted by Crippen LogP contribution is 2.31. The minimum atomic E-state index is -0.155. The van der Waals surface area contributed by atoms with E-state index >= 15 is 0 Å². The van der Waals surface area contributed by atoms with Crippen LogP contribution in [-0.2, 0) is 9.47 Å². The van der Waals surface area contributed by atoms with Gasteiger partial charge in [0, 0.05) is 42.5 Å². The second kappa shape index (κ2) is 7.85. The number of nitrogens with zero attached hydrogens (tertiary/aromatic N) is 3. The number of hydrogen-bond donors (Lipinski definition) is 0. The number of ether oxygens (including phenoxy) is 4. The van der Waals surface area contributed by atoms with Gasteiger partial charge in [0.2, 0.25) is 0 Å². The Hall–Kier alpha value is -2.90. The van der Waals surface area contributed by atoms with E-state index in [1.807, 2.05) is 42.6 Å². The van der Waals surface area contributed by atoms with Crippen LogP contribution in [0.2, 0.25) is 0 Å². The molecule has 2 aliphatic rings. The molecule has 0 unspecified atom stereocenters. The lowest BCUT2D eigenvalue weighted by Gasteiger charge is -2.21. The average Bonchev–Trinajstić information content (AvgIpc) is 3.09. The van der Waals surface area contributed by atoms with Crippen molar-refractivity contribution in [3.8, 4) is 11.5 Å². The third-order valence-electron chi connectivity index (χ3n) is 5.41. The van der Waals surface area contributed by atoms with E-state index in [0.29, 0.717) is 26.3 Å². The highest BCUT2D eigenvalue weighted by molar-refractivity contribution is 5.87. The lowest BCUT2D eigenvalue weighted by molar-refractivity contribution is -0.00461. The van der Waals surface area contributed by atoms with Crippen LogP contribution in [0.15, 0.2) is 55.0 Å². The first kappa shape index (κ1) is 18.1. The van der Waals surface area contributed by atoms with E-state index in [1.54, 1.807) is 19.5 Å². The summed E-state index contributed by atoms with van der Waals surface area (Å²) in [7, 11) is 1.66. The molecule has 4 heterocycles. The molecule has 0 spiro atoms. The van der Waals surface area contributed by atoms with Crippen LogP contribution >= 0.6 is 0 Å². The van der Waals surface area contributed by atoms with Gasteiger partial charge in [0.25, 0.3) is 0 Å². The summed E-state index contributed by atoms with van der Waals surface area (Å²) in [5, 5.41) is 2.10. The molecule has 29 heavy (non-hydrogen) atoms. The number of aromatic nitrogens is 2. The van der Waals surface area contributed by atoms with E-state index in [9.17, 15) is 0 Å². The maximum Gasteiger partial charge on any atom is 0.171 e. The van der Waals surface area contributed by atoms with Gasteiger partial charge in [-0.15, -0.1) is 0 Å². The molecule has 7 nitrogen and oxygen atoms in total. The molecular weight excluding hydrogens is 370 g/mol. The van der Waals surface area contributed by atoms with Gasteiger partial charge < -0.3 is 23.8 Å². The number of rotatable bonds is 4. The van der Waals surface area contributed by atoms with E-state index in [-0.39, 0.29) is 18.3 Å². The maximum atomic E-state index is 6.24. The molecule has 2 saturated heterocycles. The van der Waals surface area contributed by atoms with Crippen LogP contribution in [0.5, 0.6) is 11.5 Å². The van der Waals surface area contributed by atoms with Crippen LogP contribution in [0, 0.1) is 0 Å². The van der Waals surface area contributed by atoms with Crippen molar-refractivity contribution in [2.45, 2.75) is 18.3 Å². The van der Waals surface area contributed by atoms with Crippen LogP contribution in [0.3, 0.4) is 0 Å². The normalized spacial score (nSPS) is 22.3. The van der Waals surface area contributed by atoms with Crippen molar-refractivity contribution in [2.24, 2.45) is 0 Å². The topological polar surface area (TPSA) is 65.9 Å². The van der Waals surface area contributed by atoms with Crippen LogP contribution in [0.4, 0.5) is 5.82 Å². The summed E-state index contributed by atoms with van der Waals surface area (Å²) in [6.07, 6.45) is 5.20. The fourth-order valence-electron chi connectivity index (χ4n) is 3.97. The number of benzene rings is 1. The van der Waals surface area contributed by atoms with Gasteiger partial charge in [-0.1, -0.05) is 12.1 Å². The first-order valence-electron chi connectivity index (χ1n) is 9.78. The number of fused-ring (bicyclic) bond motifs is 2. The highest BCUT2D eigenvalue weighted by atomic mass is 16.6. The SMILES string of the molecule is COc1cccnc1N1C[C@@H]2OCC(Oc3cccc4cnccc34)CO[C@H]2C1. The molecule has 0 aliphatic carbocycles. The molecule has 3 aromatic rings. The zero-order valence-corrected chi connectivity index (χ0v) is 16.2. The molecule has 5 rings (SSSR count). The lowest BCUT2D eigenvalue weighted by Crippen LogP contribution is -2.30. The quantitative estimate of drug-likeness (QED) is 0.675. The molecule has 150 valence electrons. The molecule has 0 amide bonds. The van der Waals surface area contributed by atoms with E-state index in [0.717, 1.165) is 28.1 Å².